The van der Waals surface area contributed by atoms with Gasteiger partial charge in [0.1, 0.15) is 0 Å². The zero-order valence-corrected chi connectivity index (χ0v) is 7.07. The minimum absolute atomic E-state index is 0.427. The fraction of sp³-hybridized carbons (Fsp3) is 0.778. The first-order valence-corrected chi connectivity index (χ1v) is 3.89. The largest absolute Gasteiger partial charge is 0.390 e. The summed E-state index contributed by atoms with van der Waals surface area (Å²) < 4.78 is 0. The SMILES string of the molecule is CC1=C(C)CC(C)(O)CC1. The summed E-state index contributed by atoms with van der Waals surface area (Å²) in [5, 5.41) is 9.63. The van der Waals surface area contributed by atoms with Crippen LogP contribution in [0, 0.1) is 0 Å². The number of hydrogen-bond acceptors (Lipinski definition) is 1. The summed E-state index contributed by atoms with van der Waals surface area (Å²) in [6, 6.07) is 0. The molecule has 0 amide bonds. The predicted octanol–water partition coefficient (Wildman–Crippen LogP) is 2.26. The molecule has 0 saturated carbocycles. The molecule has 1 aliphatic carbocycles. The molecule has 0 fully saturated rings. The zero-order valence-electron chi connectivity index (χ0n) is 7.07. The van der Waals surface area contributed by atoms with E-state index in [2.05, 4.69) is 13.8 Å². The molecule has 0 aromatic carbocycles. The highest BCUT2D eigenvalue weighted by atomic mass is 16.3. The first-order valence-electron chi connectivity index (χ1n) is 3.89. The van der Waals surface area contributed by atoms with Crippen LogP contribution in [0.2, 0.25) is 0 Å². The first kappa shape index (κ1) is 7.80. The third-order valence-corrected chi connectivity index (χ3v) is 2.41. The molecule has 1 N–H and O–H groups in total. The van der Waals surface area contributed by atoms with Crippen LogP contribution in [0.5, 0.6) is 0 Å². The van der Waals surface area contributed by atoms with Crippen LogP contribution in [0.25, 0.3) is 0 Å². The standard InChI is InChI=1S/C9H16O/c1-7-4-5-9(3,10)6-8(7)2/h10H,4-6H2,1-3H3. The first-order chi connectivity index (χ1) is 4.51. The molecule has 0 saturated heterocycles. The molecule has 1 heteroatoms. The molecule has 0 heterocycles. The van der Waals surface area contributed by atoms with Gasteiger partial charge in [0.15, 0.2) is 0 Å². The number of rotatable bonds is 0. The van der Waals surface area contributed by atoms with Gasteiger partial charge in [-0.2, -0.15) is 0 Å². The van der Waals surface area contributed by atoms with Crippen molar-refractivity contribution >= 4 is 0 Å². The van der Waals surface area contributed by atoms with Gasteiger partial charge in [0.25, 0.3) is 0 Å². The van der Waals surface area contributed by atoms with Gasteiger partial charge < -0.3 is 5.11 Å². The lowest BCUT2D eigenvalue weighted by atomic mass is 9.83. The lowest BCUT2D eigenvalue weighted by Crippen LogP contribution is -2.27. The Bertz CT molecular complexity index is 166. The van der Waals surface area contributed by atoms with Crippen LogP contribution in [0.1, 0.15) is 40.0 Å². The van der Waals surface area contributed by atoms with Gasteiger partial charge in [0.05, 0.1) is 5.60 Å². The smallest absolute Gasteiger partial charge is 0.0659 e. The summed E-state index contributed by atoms with van der Waals surface area (Å²) in [7, 11) is 0. The van der Waals surface area contributed by atoms with E-state index in [4.69, 9.17) is 0 Å². The van der Waals surface area contributed by atoms with E-state index in [1.807, 2.05) is 6.92 Å². The number of allylic oxidation sites excluding steroid dienone is 1. The molecule has 1 nitrogen and oxygen atoms in total. The van der Waals surface area contributed by atoms with Crippen LogP contribution in [0.15, 0.2) is 11.1 Å². The second-order valence-electron chi connectivity index (χ2n) is 3.73. The molecule has 0 bridgehead atoms. The van der Waals surface area contributed by atoms with Crippen LogP contribution >= 0.6 is 0 Å². The van der Waals surface area contributed by atoms with Gasteiger partial charge in [-0.25, -0.2) is 0 Å². The van der Waals surface area contributed by atoms with E-state index in [-0.39, 0.29) is 0 Å². The average molecular weight is 140 g/mol. The molecule has 1 rings (SSSR count). The van der Waals surface area contributed by atoms with Crippen molar-refractivity contribution in [3.8, 4) is 0 Å². The minimum atomic E-state index is -0.427. The van der Waals surface area contributed by atoms with Gasteiger partial charge in [0, 0.05) is 0 Å². The molecular weight excluding hydrogens is 124 g/mol. The van der Waals surface area contributed by atoms with Crippen molar-refractivity contribution in [3.05, 3.63) is 11.1 Å². The fourth-order valence-electron chi connectivity index (χ4n) is 1.48. The molecule has 0 spiro atoms. The van der Waals surface area contributed by atoms with Gasteiger partial charge in [-0.05, 0) is 40.0 Å². The second-order valence-corrected chi connectivity index (χ2v) is 3.73. The molecule has 1 aliphatic rings. The maximum atomic E-state index is 9.63. The summed E-state index contributed by atoms with van der Waals surface area (Å²) in [5.74, 6) is 0. The maximum absolute atomic E-state index is 9.63. The van der Waals surface area contributed by atoms with E-state index in [0.29, 0.717) is 0 Å². The Morgan fingerprint density at radius 2 is 1.90 bits per heavy atom. The van der Waals surface area contributed by atoms with Crippen molar-refractivity contribution in [2.24, 2.45) is 0 Å². The molecule has 0 radical (unpaired) electrons. The predicted molar refractivity (Wildman–Crippen MR) is 42.8 cm³/mol. The van der Waals surface area contributed by atoms with Gasteiger partial charge in [0.2, 0.25) is 0 Å². The van der Waals surface area contributed by atoms with E-state index < -0.39 is 5.60 Å². The van der Waals surface area contributed by atoms with Crippen molar-refractivity contribution in [2.75, 3.05) is 0 Å². The van der Waals surface area contributed by atoms with Crippen LogP contribution in [-0.2, 0) is 0 Å². The molecule has 0 aromatic heterocycles. The summed E-state index contributed by atoms with van der Waals surface area (Å²) >= 11 is 0. The van der Waals surface area contributed by atoms with Crippen molar-refractivity contribution in [3.63, 3.8) is 0 Å². The van der Waals surface area contributed by atoms with Gasteiger partial charge >= 0.3 is 0 Å². The van der Waals surface area contributed by atoms with E-state index in [1.165, 1.54) is 11.1 Å². The second kappa shape index (κ2) is 2.39. The van der Waals surface area contributed by atoms with Gasteiger partial charge in [-0.15, -0.1) is 0 Å². The number of hydrogen-bond donors (Lipinski definition) is 1. The molecule has 58 valence electrons. The van der Waals surface area contributed by atoms with Crippen LogP contribution < -0.4 is 0 Å². The topological polar surface area (TPSA) is 20.2 Å². The summed E-state index contributed by atoms with van der Waals surface area (Å²) in [6.45, 7) is 6.19. The van der Waals surface area contributed by atoms with Gasteiger partial charge in [-0.3, -0.25) is 0 Å². The van der Waals surface area contributed by atoms with Crippen molar-refractivity contribution in [1.82, 2.24) is 0 Å². The molecule has 1 atom stereocenters. The van der Waals surface area contributed by atoms with Crippen molar-refractivity contribution in [2.45, 2.75) is 45.6 Å². The van der Waals surface area contributed by atoms with E-state index in [9.17, 15) is 5.11 Å². The fourth-order valence-corrected chi connectivity index (χ4v) is 1.48. The van der Waals surface area contributed by atoms with E-state index in [0.717, 1.165) is 19.3 Å². The Hall–Kier alpha value is -0.300. The Kier molecular flexibility index (Phi) is 1.86. The highest BCUT2D eigenvalue weighted by Crippen LogP contribution is 2.31. The lowest BCUT2D eigenvalue weighted by molar-refractivity contribution is 0.0460. The Morgan fingerprint density at radius 3 is 2.30 bits per heavy atom. The van der Waals surface area contributed by atoms with Crippen LogP contribution in [-0.4, -0.2) is 10.7 Å². The van der Waals surface area contributed by atoms with Crippen molar-refractivity contribution < 1.29 is 5.11 Å². The molecular formula is C9H16O. The Labute approximate surface area is 62.8 Å². The molecule has 10 heavy (non-hydrogen) atoms. The van der Waals surface area contributed by atoms with E-state index in [1.54, 1.807) is 0 Å². The summed E-state index contributed by atoms with van der Waals surface area (Å²) in [6.07, 6.45) is 2.86. The summed E-state index contributed by atoms with van der Waals surface area (Å²) in [4.78, 5) is 0. The Balaban J connectivity index is 2.72. The number of aliphatic hydroxyl groups is 1. The highest BCUT2D eigenvalue weighted by Gasteiger charge is 2.24. The highest BCUT2D eigenvalue weighted by molar-refractivity contribution is 5.16. The quantitative estimate of drug-likeness (QED) is 0.512. The summed E-state index contributed by atoms with van der Waals surface area (Å²) in [5.41, 5.74) is 2.41. The van der Waals surface area contributed by atoms with Gasteiger partial charge in [-0.1, -0.05) is 11.1 Å². The monoisotopic (exact) mass is 140 g/mol. The Morgan fingerprint density at radius 1 is 1.30 bits per heavy atom. The minimum Gasteiger partial charge on any atom is -0.390 e. The maximum Gasteiger partial charge on any atom is 0.0659 e. The van der Waals surface area contributed by atoms with E-state index >= 15 is 0 Å². The van der Waals surface area contributed by atoms with Crippen LogP contribution in [0.4, 0.5) is 0 Å². The molecule has 0 aromatic rings. The third-order valence-electron chi connectivity index (χ3n) is 2.41. The van der Waals surface area contributed by atoms with Crippen LogP contribution in [0.3, 0.4) is 0 Å². The van der Waals surface area contributed by atoms with Crippen molar-refractivity contribution in [1.29, 1.82) is 0 Å². The average Bonchev–Trinajstić information content (AvgIpc) is 1.79. The molecule has 0 aliphatic heterocycles. The normalized spacial score (nSPS) is 34.8. The third kappa shape index (κ3) is 1.60. The zero-order chi connectivity index (χ0) is 7.78. The molecule has 1 unspecified atom stereocenters. The lowest BCUT2D eigenvalue weighted by Gasteiger charge is -2.29.